The Hall–Kier alpha value is -2.34. The summed E-state index contributed by atoms with van der Waals surface area (Å²) in [5.41, 5.74) is 1.33. The highest BCUT2D eigenvalue weighted by atomic mass is 35.5. The molecule has 0 atom stereocenters. The quantitative estimate of drug-likeness (QED) is 0.904. The van der Waals surface area contributed by atoms with E-state index in [0.717, 1.165) is 25.7 Å². The summed E-state index contributed by atoms with van der Waals surface area (Å²) in [5.74, 6) is 1.85. The van der Waals surface area contributed by atoms with Gasteiger partial charge in [-0.1, -0.05) is 24.4 Å². The summed E-state index contributed by atoms with van der Waals surface area (Å²) in [4.78, 5) is 20.8. The summed E-state index contributed by atoms with van der Waals surface area (Å²) in [6.07, 6.45) is 7.28. The van der Waals surface area contributed by atoms with Crippen molar-refractivity contribution in [1.82, 2.24) is 9.97 Å². The molecule has 7 heteroatoms. The molecule has 0 radical (unpaired) electrons. The Morgan fingerprint density at radius 1 is 1.08 bits per heavy atom. The van der Waals surface area contributed by atoms with E-state index in [4.69, 9.17) is 21.1 Å². The third-order valence-electron chi connectivity index (χ3n) is 4.54. The zero-order chi connectivity index (χ0) is 17.2. The van der Waals surface area contributed by atoms with Gasteiger partial charge in [0, 0.05) is 17.5 Å². The Bertz CT molecular complexity index is 789. The molecule has 1 amide bonds. The number of carbonyl (C=O) groups is 1. The largest absolute Gasteiger partial charge is 0.486 e. The van der Waals surface area contributed by atoms with Crippen LogP contribution in [-0.2, 0) is 4.79 Å². The lowest BCUT2D eigenvalue weighted by Gasteiger charge is -2.19. The van der Waals surface area contributed by atoms with E-state index in [1.54, 1.807) is 24.5 Å². The van der Waals surface area contributed by atoms with Gasteiger partial charge in [-0.3, -0.25) is 9.78 Å². The number of halogens is 1. The molecule has 1 aromatic carbocycles. The molecule has 2 aromatic rings. The molecule has 0 unspecified atom stereocenters. The van der Waals surface area contributed by atoms with Crippen LogP contribution in [0, 0.1) is 5.92 Å². The Morgan fingerprint density at radius 3 is 2.48 bits per heavy atom. The summed E-state index contributed by atoms with van der Waals surface area (Å²) < 4.78 is 11.1. The Balaban J connectivity index is 1.53. The zero-order valence-electron chi connectivity index (χ0n) is 13.6. The normalized spacial score (nSPS) is 16.7. The second-order valence-electron chi connectivity index (χ2n) is 6.23. The lowest BCUT2D eigenvalue weighted by molar-refractivity contribution is -0.119. The molecule has 1 aliphatic carbocycles. The first kappa shape index (κ1) is 16.1. The summed E-state index contributed by atoms with van der Waals surface area (Å²) in [6, 6.07) is 3.53. The standard InChI is InChI=1S/C18H18ClN3O3/c19-13-8-16-15(24-5-6-25-16)7-12(13)14-9-21-17(10-20-14)22-18(23)11-3-1-2-4-11/h7-11H,1-6H2,(H,21,22,23). The van der Waals surface area contributed by atoms with Gasteiger partial charge < -0.3 is 14.8 Å². The van der Waals surface area contributed by atoms with Crippen molar-refractivity contribution in [2.45, 2.75) is 25.7 Å². The third-order valence-corrected chi connectivity index (χ3v) is 4.85. The van der Waals surface area contributed by atoms with Gasteiger partial charge in [0.05, 0.1) is 23.1 Å². The van der Waals surface area contributed by atoms with Crippen molar-refractivity contribution in [3.8, 4) is 22.8 Å². The lowest BCUT2D eigenvalue weighted by atomic mass is 10.1. The molecule has 1 saturated carbocycles. The average Bonchev–Trinajstić information content (AvgIpc) is 3.17. The summed E-state index contributed by atoms with van der Waals surface area (Å²) in [6.45, 7) is 1.02. The molecule has 4 rings (SSSR count). The highest BCUT2D eigenvalue weighted by Gasteiger charge is 2.23. The molecule has 0 spiro atoms. The zero-order valence-corrected chi connectivity index (χ0v) is 14.4. The van der Waals surface area contributed by atoms with Crippen molar-refractivity contribution >= 4 is 23.3 Å². The van der Waals surface area contributed by atoms with Crippen LogP contribution in [0.15, 0.2) is 24.5 Å². The third kappa shape index (κ3) is 3.39. The fraction of sp³-hybridized carbons (Fsp3) is 0.389. The molecule has 2 heterocycles. The number of benzene rings is 1. The molecule has 2 aliphatic rings. The van der Waals surface area contributed by atoms with Gasteiger partial charge >= 0.3 is 0 Å². The van der Waals surface area contributed by atoms with E-state index >= 15 is 0 Å². The highest BCUT2D eigenvalue weighted by Crippen LogP contribution is 2.39. The van der Waals surface area contributed by atoms with Crippen LogP contribution in [0.2, 0.25) is 5.02 Å². The van der Waals surface area contributed by atoms with Gasteiger partial charge in [0.2, 0.25) is 5.91 Å². The monoisotopic (exact) mass is 359 g/mol. The van der Waals surface area contributed by atoms with Gasteiger partial charge in [-0.2, -0.15) is 0 Å². The fourth-order valence-electron chi connectivity index (χ4n) is 3.21. The van der Waals surface area contributed by atoms with E-state index in [0.29, 0.717) is 46.8 Å². The molecule has 1 aromatic heterocycles. The van der Waals surface area contributed by atoms with Crippen LogP contribution in [0.3, 0.4) is 0 Å². The SMILES string of the molecule is O=C(Nc1cnc(-c2cc3c(cc2Cl)OCCO3)cn1)C1CCCC1. The van der Waals surface area contributed by atoms with Crippen LogP contribution in [0.25, 0.3) is 11.3 Å². The van der Waals surface area contributed by atoms with Gasteiger partial charge in [-0.05, 0) is 18.9 Å². The van der Waals surface area contributed by atoms with Crippen LogP contribution in [0.5, 0.6) is 11.5 Å². The number of rotatable bonds is 3. The summed E-state index contributed by atoms with van der Waals surface area (Å²) in [7, 11) is 0. The number of hydrogen-bond acceptors (Lipinski definition) is 5. The van der Waals surface area contributed by atoms with Crippen molar-refractivity contribution in [3.63, 3.8) is 0 Å². The number of fused-ring (bicyclic) bond motifs is 1. The smallest absolute Gasteiger partial charge is 0.228 e. The summed E-state index contributed by atoms with van der Waals surface area (Å²) >= 11 is 6.33. The molecule has 25 heavy (non-hydrogen) atoms. The van der Waals surface area contributed by atoms with Crippen molar-refractivity contribution in [3.05, 3.63) is 29.5 Å². The van der Waals surface area contributed by atoms with Gasteiger partial charge in [-0.15, -0.1) is 0 Å². The number of nitrogens with one attached hydrogen (secondary N) is 1. The minimum absolute atomic E-state index is 0.0249. The number of aromatic nitrogens is 2. The second-order valence-corrected chi connectivity index (χ2v) is 6.64. The van der Waals surface area contributed by atoms with E-state index < -0.39 is 0 Å². The van der Waals surface area contributed by atoms with Gasteiger partial charge in [0.1, 0.15) is 13.2 Å². The minimum atomic E-state index is 0.0249. The van der Waals surface area contributed by atoms with Crippen LogP contribution >= 0.6 is 11.6 Å². The molecule has 1 aliphatic heterocycles. The predicted molar refractivity (Wildman–Crippen MR) is 94.1 cm³/mol. The Morgan fingerprint density at radius 2 is 1.80 bits per heavy atom. The minimum Gasteiger partial charge on any atom is -0.486 e. The molecule has 0 bridgehead atoms. The number of anilines is 1. The van der Waals surface area contributed by atoms with E-state index in [9.17, 15) is 4.79 Å². The molecular weight excluding hydrogens is 342 g/mol. The van der Waals surface area contributed by atoms with E-state index in [1.807, 2.05) is 0 Å². The first-order valence-corrected chi connectivity index (χ1v) is 8.81. The maximum absolute atomic E-state index is 12.2. The summed E-state index contributed by atoms with van der Waals surface area (Å²) in [5, 5.41) is 3.35. The van der Waals surface area contributed by atoms with E-state index in [2.05, 4.69) is 15.3 Å². The number of carbonyl (C=O) groups excluding carboxylic acids is 1. The Labute approximate surface area is 150 Å². The van der Waals surface area contributed by atoms with E-state index in [1.165, 1.54) is 0 Å². The number of hydrogen-bond donors (Lipinski definition) is 1. The molecule has 1 N–H and O–H groups in total. The lowest BCUT2D eigenvalue weighted by Crippen LogP contribution is -2.21. The first-order valence-electron chi connectivity index (χ1n) is 8.43. The van der Waals surface area contributed by atoms with Crippen LogP contribution < -0.4 is 14.8 Å². The molecule has 130 valence electrons. The highest BCUT2D eigenvalue weighted by molar-refractivity contribution is 6.33. The maximum Gasteiger partial charge on any atom is 0.228 e. The van der Waals surface area contributed by atoms with Crippen LogP contribution in [-0.4, -0.2) is 29.1 Å². The molecular formula is C18H18ClN3O3. The maximum atomic E-state index is 12.2. The number of ether oxygens (including phenoxy) is 2. The second kappa shape index (κ2) is 6.88. The molecule has 1 fully saturated rings. The van der Waals surface area contributed by atoms with Crippen molar-refractivity contribution in [1.29, 1.82) is 0 Å². The molecule has 0 saturated heterocycles. The topological polar surface area (TPSA) is 73.3 Å². The molecule has 6 nitrogen and oxygen atoms in total. The van der Waals surface area contributed by atoms with Gasteiger partial charge in [0.25, 0.3) is 0 Å². The van der Waals surface area contributed by atoms with Crippen LogP contribution in [0.4, 0.5) is 5.82 Å². The van der Waals surface area contributed by atoms with Crippen molar-refractivity contribution < 1.29 is 14.3 Å². The fourth-order valence-corrected chi connectivity index (χ4v) is 3.46. The van der Waals surface area contributed by atoms with Crippen LogP contribution in [0.1, 0.15) is 25.7 Å². The first-order chi connectivity index (χ1) is 12.2. The Kier molecular flexibility index (Phi) is 4.44. The number of nitrogens with zero attached hydrogens (tertiary/aromatic N) is 2. The van der Waals surface area contributed by atoms with Crippen molar-refractivity contribution in [2.24, 2.45) is 5.92 Å². The number of amides is 1. The van der Waals surface area contributed by atoms with E-state index in [-0.39, 0.29) is 11.8 Å². The van der Waals surface area contributed by atoms with Gasteiger partial charge in [0.15, 0.2) is 17.3 Å². The van der Waals surface area contributed by atoms with Crippen molar-refractivity contribution in [2.75, 3.05) is 18.5 Å². The predicted octanol–water partition coefficient (Wildman–Crippen LogP) is 3.70. The average molecular weight is 360 g/mol. The van der Waals surface area contributed by atoms with Gasteiger partial charge in [-0.25, -0.2) is 4.98 Å².